The van der Waals surface area contributed by atoms with Crippen molar-refractivity contribution in [3.05, 3.63) is 23.4 Å². The first-order chi connectivity index (χ1) is 14.0. The first-order valence-corrected chi connectivity index (χ1v) is 10.8. The average Bonchev–Trinajstić information content (AvgIpc) is 2.73. The number of piperazine rings is 1. The van der Waals surface area contributed by atoms with Crippen LogP contribution in [0.1, 0.15) is 32.6 Å². The van der Waals surface area contributed by atoms with Gasteiger partial charge in [0.05, 0.1) is 6.54 Å². The van der Waals surface area contributed by atoms with Gasteiger partial charge in [-0.3, -0.25) is 11.1 Å². The van der Waals surface area contributed by atoms with Crippen molar-refractivity contribution in [3.63, 3.8) is 0 Å². The van der Waals surface area contributed by atoms with Crippen molar-refractivity contribution in [2.45, 2.75) is 44.9 Å². The van der Waals surface area contributed by atoms with E-state index in [4.69, 9.17) is 15.9 Å². The lowest BCUT2D eigenvalue weighted by atomic mass is 9.86. The molecule has 0 aromatic carbocycles. The van der Waals surface area contributed by atoms with E-state index in [0.717, 1.165) is 62.6 Å². The summed E-state index contributed by atoms with van der Waals surface area (Å²) >= 11 is 0. The van der Waals surface area contributed by atoms with Gasteiger partial charge in [-0.25, -0.2) is 4.79 Å². The van der Waals surface area contributed by atoms with Crippen LogP contribution >= 0.6 is 0 Å². The topological polar surface area (TPSA) is 97.9 Å². The number of nitrogens with zero attached hydrogens (tertiary/aromatic N) is 3. The quantitative estimate of drug-likeness (QED) is 0.355. The van der Waals surface area contributed by atoms with Gasteiger partial charge in [-0.05, 0) is 44.7 Å². The first-order valence-electron chi connectivity index (χ1n) is 10.8. The number of rotatable bonds is 6. The van der Waals surface area contributed by atoms with E-state index >= 15 is 0 Å². The van der Waals surface area contributed by atoms with Crippen LogP contribution in [0.3, 0.4) is 0 Å². The maximum Gasteiger partial charge on any atom is 0.320 e. The molecule has 1 saturated heterocycles. The Kier molecular flexibility index (Phi) is 7.55. The molecule has 4 N–H and O–H groups in total. The van der Waals surface area contributed by atoms with Crippen LogP contribution in [0.25, 0.3) is 0 Å². The van der Waals surface area contributed by atoms with E-state index in [-0.39, 0.29) is 6.03 Å². The molecule has 1 aliphatic carbocycles. The smallest absolute Gasteiger partial charge is 0.320 e. The molecule has 1 atom stereocenters. The van der Waals surface area contributed by atoms with Gasteiger partial charge in [-0.1, -0.05) is 13.0 Å². The van der Waals surface area contributed by atoms with Crippen LogP contribution in [0, 0.1) is 11.3 Å². The van der Waals surface area contributed by atoms with E-state index < -0.39 is 6.23 Å². The summed E-state index contributed by atoms with van der Waals surface area (Å²) in [4.78, 5) is 19.8. The van der Waals surface area contributed by atoms with Gasteiger partial charge in [-0.2, -0.15) is 0 Å². The summed E-state index contributed by atoms with van der Waals surface area (Å²) in [7, 11) is 2.11. The van der Waals surface area contributed by atoms with Gasteiger partial charge >= 0.3 is 6.03 Å². The third kappa shape index (κ3) is 5.73. The highest BCUT2D eigenvalue weighted by atomic mass is 16.5. The lowest BCUT2D eigenvalue weighted by molar-refractivity contribution is 0.0977. The Morgan fingerprint density at radius 2 is 2.00 bits per heavy atom. The largest absolute Gasteiger partial charge is 0.462 e. The molecule has 1 unspecified atom stereocenters. The predicted octanol–water partition coefficient (Wildman–Crippen LogP) is 1.56. The van der Waals surface area contributed by atoms with Gasteiger partial charge in [0.15, 0.2) is 12.6 Å². The molecule has 2 aliphatic heterocycles. The minimum atomic E-state index is -0.610. The number of hydrogen-bond acceptors (Lipinski definition) is 6. The second kappa shape index (κ2) is 10.1. The second-order valence-corrected chi connectivity index (χ2v) is 8.58. The molecular weight excluding hydrogens is 368 g/mol. The Labute approximate surface area is 174 Å². The number of nitrogens with one attached hydrogen (secondary N) is 2. The molecule has 1 saturated carbocycles. The summed E-state index contributed by atoms with van der Waals surface area (Å²) in [5.41, 5.74) is 7.82. The Hall–Kier alpha value is -2.06. The van der Waals surface area contributed by atoms with Crippen molar-refractivity contribution in [1.82, 2.24) is 20.0 Å². The van der Waals surface area contributed by atoms with Gasteiger partial charge in [0.1, 0.15) is 0 Å². The van der Waals surface area contributed by atoms with Gasteiger partial charge in [0.2, 0.25) is 0 Å². The molecule has 162 valence electrons. The van der Waals surface area contributed by atoms with E-state index in [2.05, 4.69) is 29.1 Å². The molecule has 8 heteroatoms. The van der Waals surface area contributed by atoms with Gasteiger partial charge in [0.25, 0.3) is 0 Å². The lowest BCUT2D eigenvalue weighted by Crippen LogP contribution is -2.55. The number of nitrogens with two attached hydrogens (primary N) is 1. The zero-order chi connectivity index (χ0) is 20.8. The fourth-order valence-corrected chi connectivity index (χ4v) is 4.28. The van der Waals surface area contributed by atoms with Gasteiger partial charge in [-0.15, -0.1) is 0 Å². The van der Waals surface area contributed by atoms with Crippen molar-refractivity contribution in [2.24, 2.45) is 11.7 Å². The Morgan fingerprint density at radius 3 is 2.59 bits per heavy atom. The number of carbonyl (C=O) groups is 1. The average molecular weight is 405 g/mol. The molecule has 0 bridgehead atoms. The number of carbonyl (C=O) groups excluding carboxylic acids is 1. The van der Waals surface area contributed by atoms with Crippen LogP contribution < -0.4 is 11.1 Å². The zero-order valence-corrected chi connectivity index (χ0v) is 17.8. The summed E-state index contributed by atoms with van der Waals surface area (Å²) in [6, 6.07) is 0.467. The normalized spacial score (nSPS) is 26.7. The summed E-state index contributed by atoms with van der Waals surface area (Å²) in [5.74, 6) is 0.750. The summed E-state index contributed by atoms with van der Waals surface area (Å²) in [6.45, 7) is 6.91. The Balaban J connectivity index is 1.70. The van der Waals surface area contributed by atoms with E-state index in [0.29, 0.717) is 19.1 Å². The van der Waals surface area contributed by atoms with Crippen molar-refractivity contribution in [3.8, 4) is 0 Å². The first kappa shape index (κ1) is 21.6. The van der Waals surface area contributed by atoms with E-state index in [1.807, 2.05) is 17.1 Å². The highest BCUT2D eigenvalue weighted by molar-refractivity contribution is 5.75. The van der Waals surface area contributed by atoms with Crippen molar-refractivity contribution in [2.75, 3.05) is 46.3 Å². The van der Waals surface area contributed by atoms with Crippen LogP contribution in [0.15, 0.2) is 23.4 Å². The van der Waals surface area contributed by atoms with Crippen LogP contribution in [0.2, 0.25) is 0 Å². The number of ether oxygens (including phenoxy) is 1. The molecule has 3 rings (SSSR count). The molecule has 0 aromatic heterocycles. The minimum Gasteiger partial charge on any atom is -0.462 e. The molecule has 2 heterocycles. The van der Waals surface area contributed by atoms with E-state index in [1.165, 1.54) is 12.8 Å². The summed E-state index contributed by atoms with van der Waals surface area (Å²) < 4.78 is 5.04. The van der Waals surface area contributed by atoms with Gasteiger partial charge < -0.3 is 24.8 Å². The lowest BCUT2D eigenvalue weighted by Gasteiger charge is -2.41. The van der Waals surface area contributed by atoms with Crippen LogP contribution in [-0.2, 0) is 4.74 Å². The molecule has 29 heavy (non-hydrogen) atoms. The van der Waals surface area contributed by atoms with Crippen LogP contribution in [0.4, 0.5) is 4.79 Å². The van der Waals surface area contributed by atoms with Crippen LogP contribution in [0.5, 0.6) is 0 Å². The van der Waals surface area contributed by atoms with Crippen molar-refractivity contribution in [1.29, 1.82) is 5.41 Å². The molecule has 0 aromatic rings. The maximum absolute atomic E-state index is 13.4. The molecule has 8 nitrogen and oxygen atoms in total. The molecular formula is C21H36N6O2. The molecule has 0 radical (unpaired) electrons. The second-order valence-electron chi connectivity index (χ2n) is 8.58. The SMILES string of the molecule is CC1CCC(N(CC2=CC=C(C(N)OC=N)CN2)C(=O)N2CCN(C)CC2)CC1. The fraction of sp³-hybridized carbons (Fsp3) is 0.714. The predicted molar refractivity (Wildman–Crippen MR) is 115 cm³/mol. The van der Waals surface area contributed by atoms with Crippen LogP contribution in [-0.4, -0.2) is 85.7 Å². The molecule has 3 aliphatic rings. The van der Waals surface area contributed by atoms with E-state index in [1.54, 1.807) is 0 Å². The Morgan fingerprint density at radius 1 is 1.31 bits per heavy atom. The fourth-order valence-electron chi connectivity index (χ4n) is 4.28. The highest BCUT2D eigenvalue weighted by Crippen LogP contribution is 2.28. The number of hydrogen-bond donors (Lipinski definition) is 3. The third-order valence-corrected chi connectivity index (χ3v) is 6.38. The highest BCUT2D eigenvalue weighted by Gasteiger charge is 2.32. The molecule has 2 amide bonds. The molecule has 2 fully saturated rings. The molecule has 0 spiro atoms. The third-order valence-electron chi connectivity index (χ3n) is 6.38. The van der Waals surface area contributed by atoms with Crippen molar-refractivity contribution < 1.29 is 9.53 Å². The Bertz CT molecular complexity index is 633. The maximum atomic E-state index is 13.4. The number of allylic oxidation sites excluding steroid dienone is 2. The standard InChI is InChI=1S/C21H36N6O2/c1-16-3-7-19(8-4-16)27(21(28)26-11-9-25(2)10-12-26)14-18-6-5-17(13-24-18)20(23)29-15-22/h5-6,15-16,19-20,22,24H,3-4,7-14,23H2,1-2H3. The number of dihydropyridines is 1. The van der Waals surface area contributed by atoms with Gasteiger partial charge in [0, 0.05) is 50.0 Å². The summed E-state index contributed by atoms with van der Waals surface area (Å²) in [6.07, 6.45) is 8.71. The minimum absolute atomic E-state index is 0.166. The number of urea groups is 1. The van der Waals surface area contributed by atoms with Crippen molar-refractivity contribution >= 4 is 12.4 Å². The monoisotopic (exact) mass is 404 g/mol. The summed E-state index contributed by atoms with van der Waals surface area (Å²) in [5, 5.41) is 10.4. The number of amides is 2. The number of likely N-dealkylation sites (N-methyl/N-ethyl adjacent to an activating group) is 1. The van der Waals surface area contributed by atoms with E-state index in [9.17, 15) is 4.79 Å². The zero-order valence-electron chi connectivity index (χ0n) is 17.8.